The van der Waals surface area contributed by atoms with Crippen LogP contribution in [0.3, 0.4) is 0 Å². The molecule has 1 fully saturated rings. The van der Waals surface area contributed by atoms with Crippen molar-refractivity contribution in [2.75, 3.05) is 26.3 Å². The molecule has 2 atom stereocenters. The van der Waals surface area contributed by atoms with Gasteiger partial charge in [-0.25, -0.2) is 4.79 Å². The largest absolute Gasteiger partial charge is 0.464 e. The molecule has 2 unspecified atom stereocenters. The van der Waals surface area contributed by atoms with Crippen LogP contribution in [0.1, 0.15) is 26.7 Å². The van der Waals surface area contributed by atoms with Gasteiger partial charge in [-0.15, -0.1) is 0 Å². The Hall–Kier alpha value is -0.610. The quantitative estimate of drug-likeness (QED) is 0.694. The smallest absolute Gasteiger partial charge is 0.334 e. The summed E-state index contributed by atoms with van der Waals surface area (Å²) in [7, 11) is 0. The first kappa shape index (κ1) is 12.5. The van der Waals surface area contributed by atoms with Crippen LogP contribution in [0.2, 0.25) is 0 Å². The molecular weight excluding hydrogens is 194 g/mol. The summed E-state index contributed by atoms with van der Waals surface area (Å²) in [5.41, 5.74) is 0. The van der Waals surface area contributed by atoms with Crippen LogP contribution >= 0.6 is 0 Å². The third kappa shape index (κ3) is 4.62. The van der Waals surface area contributed by atoms with E-state index in [1.54, 1.807) is 13.8 Å². The fraction of sp³-hybridized carbons (Fsp3) is 0.909. The van der Waals surface area contributed by atoms with E-state index < -0.39 is 6.10 Å². The van der Waals surface area contributed by atoms with Crippen LogP contribution in [0, 0.1) is 5.92 Å². The predicted molar refractivity (Wildman–Crippen MR) is 57.6 cm³/mol. The number of hydrogen-bond acceptors (Lipinski definition) is 4. The Morgan fingerprint density at radius 3 is 3.00 bits per heavy atom. The molecule has 1 aliphatic rings. The van der Waals surface area contributed by atoms with Crippen LogP contribution < -0.4 is 5.32 Å². The highest BCUT2D eigenvalue weighted by molar-refractivity contribution is 5.74. The van der Waals surface area contributed by atoms with E-state index >= 15 is 0 Å². The van der Waals surface area contributed by atoms with Crippen molar-refractivity contribution in [3.8, 4) is 0 Å². The van der Waals surface area contributed by atoms with Crippen molar-refractivity contribution in [3.63, 3.8) is 0 Å². The number of hydrogen-bond donors (Lipinski definition) is 1. The van der Waals surface area contributed by atoms with E-state index in [1.807, 2.05) is 0 Å². The Balaban J connectivity index is 2.14. The minimum absolute atomic E-state index is 0.263. The zero-order valence-electron chi connectivity index (χ0n) is 9.62. The molecule has 0 amide bonds. The van der Waals surface area contributed by atoms with Crippen LogP contribution in [0.15, 0.2) is 0 Å². The minimum atomic E-state index is -0.438. The van der Waals surface area contributed by atoms with E-state index in [4.69, 9.17) is 9.47 Å². The molecule has 0 radical (unpaired) electrons. The van der Waals surface area contributed by atoms with E-state index in [-0.39, 0.29) is 5.97 Å². The number of nitrogens with one attached hydrogen (secondary N) is 1. The zero-order chi connectivity index (χ0) is 11.1. The summed E-state index contributed by atoms with van der Waals surface area (Å²) in [6, 6.07) is 0. The van der Waals surface area contributed by atoms with Crippen LogP contribution in [-0.4, -0.2) is 38.4 Å². The number of piperidine rings is 1. The number of ether oxygens (including phenoxy) is 2. The van der Waals surface area contributed by atoms with Crippen molar-refractivity contribution < 1.29 is 14.3 Å². The number of carbonyl (C=O) groups is 1. The van der Waals surface area contributed by atoms with Gasteiger partial charge in [0.15, 0.2) is 6.10 Å². The lowest BCUT2D eigenvalue weighted by Crippen LogP contribution is -2.34. The normalized spacial score (nSPS) is 23.5. The first-order valence-electron chi connectivity index (χ1n) is 5.73. The van der Waals surface area contributed by atoms with Crippen molar-refractivity contribution in [2.24, 2.45) is 5.92 Å². The van der Waals surface area contributed by atoms with Crippen LogP contribution in [0.5, 0.6) is 0 Å². The van der Waals surface area contributed by atoms with Gasteiger partial charge in [-0.1, -0.05) is 0 Å². The molecule has 0 aromatic carbocycles. The molecule has 0 bridgehead atoms. The SMILES string of the molecule is CCOC(=O)C(C)OCC1CCCNC1. The summed E-state index contributed by atoms with van der Waals surface area (Å²) in [6.07, 6.45) is 1.94. The molecule has 1 N–H and O–H groups in total. The topological polar surface area (TPSA) is 47.6 Å². The van der Waals surface area contributed by atoms with Gasteiger partial charge in [-0.05, 0) is 39.2 Å². The Morgan fingerprint density at radius 1 is 1.60 bits per heavy atom. The molecule has 0 aromatic rings. The highest BCUT2D eigenvalue weighted by atomic mass is 16.6. The summed E-state index contributed by atoms with van der Waals surface area (Å²) in [5.74, 6) is 0.275. The highest BCUT2D eigenvalue weighted by Gasteiger charge is 2.18. The lowest BCUT2D eigenvalue weighted by molar-refractivity contribution is -0.156. The van der Waals surface area contributed by atoms with Gasteiger partial charge in [0.2, 0.25) is 0 Å². The molecule has 88 valence electrons. The third-order valence-corrected chi connectivity index (χ3v) is 2.60. The van der Waals surface area contributed by atoms with Gasteiger partial charge in [-0.3, -0.25) is 0 Å². The molecular formula is C11H21NO3. The predicted octanol–water partition coefficient (Wildman–Crippen LogP) is 0.954. The fourth-order valence-corrected chi connectivity index (χ4v) is 1.67. The van der Waals surface area contributed by atoms with E-state index in [0.717, 1.165) is 13.1 Å². The van der Waals surface area contributed by atoms with Gasteiger partial charge in [0.25, 0.3) is 0 Å². The summed E-state index contributed by atoms with van der Waals surface area (Å²) >= 11 is 0. The van der Waals surface area contributed by atoms with Crippen molar-refractivity contribution in [1.82, 2.24) is 5.32 Å². The van der Waals surface area contributed by atoms with E-state index in [0.29, 0.717) is 19.1 Å². The van der Waals surface area contributed by atoms with Gasteiger partial charge in [0.1, 0.15) is 0 Å². The second-order valence-electron chi connectivity index (χ2n) is 3.94. The van der Waals surface area contributed by atoms with Gasteiger partial charge >= 0.3 is 5.97 Å². The molecule has 0 aliphatic carbocycles. The van der Waals surface area contributed by atoms with Crippen LogP contribution in [0.4, 0.5) is 0 Å². The monoisotopic (exact) mass is 215 g/mol. The molecule has 1 heterocycles. The number of esters is 1. The van der Waals surface area contributed by atoms with Crippen LogP contribution in [0.25, 0.3) is 0 Å². The highest BCUT2D eigenvalue weighted by Crippen LogP contribution is 2.11. The summed E-state index contributed by atoms with van der Waals surface area (Å²) in [6.45, 7) is 6.70. The molecule has 0 saturated carbocycles. The third-order valence-electron chi connectivity index (χ3n) is 2.60. The average Bonchev–Trinajstić information content (AvgIpc) is 2.27. The van der Waals surface area contributed by atoms with Crippen molar-refractivity contribution >= 4 is 5.97 Å². The Morgan fingerprint density at radius 2 is 2.40 bits per heavy atom. The zero-order valence-corrected chi connectivity index (χ0v) is 9.62. The maximum Gasteiger partial charge on any atom is 0.334 e. The Labute approximate surface area is 91.3 Å². The molecule has 0 spiro atoms. The van der Waals surface area contributed by atoms with E-state index in [9.17, 15) is 4.79 Å². The van der Waals surface area contributed by atoms with Gasteiger partial charge in [0, 0.05) is 6.54 Å². The van der Waals surface area contributed by atoms with Crippen molar-refractivity contribution in [3.05, 3.63) is 0 Å². The molecule has 4 nitrogen and oxygen atoms in total. The maximum atomic E-state index is 11.3. The van der Waals surface area contributed by atoms with E-state index in [2.05, 4.69) is 5.32 Å². The fourth-order valence-electron chi connectivity index (χ4n) is 1.67. The number of rotatable bonds is 5. The van der Waals surface area contributed by atoms with Crippen molar-refractivity contribution in [1.29, 1.82) is 0 Å². The molecule has 1 saturated heterocycles. The molecule has 1 aliphatic heterocycles. The lowest BCUT2D eigenvalue weighted by atomic mass is 10.0. The second-order valence-corrected chi connectivity index (χ2v) is 3.94. The van der Waals surface area contributed by atoms with Gasteiger partial charge < -0.3 is 14.8 Å². The van der Waals surface area contributed by atoms with E-state index in [1.165, 1.54) is 12.8 Å². The first-order valence-corrected chi connectivity index (χ1v) is 5.73. The lowest BCUT2D eigenvalue weighted by Gasteiger charge is -2.23. The standard InChI is InChI=1S/C11H21NO3/c1-3-14-11(13)9(2)15-8-10-5-4-6-12-7-10/h9-10,12H,3-8H2,1-2H3. The molecule has 0 aromatic heterocycles. The summed E-state index contributed by atoms with van der Waals surface area (Å²) < 4.78 is 10.3. The van der Waals surface area contributed by atoms with Gasteiger partial charge in [-0.2, -0.15) is 0 Å². The maximum absolute atomic E-state index is 11.3. The Bertz CT molecular complexity index is 190. The van der Waals surface area contributed by atoms with Crippen molar-refractivity contribution in [2.45, 2.75) is 32.8 Å². The molecule has 15 heavy (non-hydrogen) atoms. The summed E-state index contributed by atoms with van der Waals surface area (Å²) in [4.78, 5) is 11.3. The van der Waals surface area contributed by atoms with Gasteiger partial charge in [0.05, 0.1) is 13.2 Å². The molecule has 1 rings (SSSR count). The van der Waals surface area contributed by atoms with Crippen LogP contribution in [-0.2, 0) is 14.3 Å². The second kappa shape index (κ2) is 6.80. The summed E-state index contributed by atoms with van der Waals surface area (Å²) in [5, 5.41) is 3.32. The number of carbonyl (C=O) groups excluding carboxylic acids is 1. The molecule has 4 heteroatoms. The minimum Gasteiger partial charge on any atom is -0.464 e. The first-order chi connectivity index (χ1) is 7.24. The average molecular weight is 215 g/mol. The Kier molecular flexibility index (Phi) is 5.65.